The summed E-state index contributed by atoms with van der Waals surface area (Å²) >= 11 is 5.86. The second kappa shape index (κ2) is 11.2. The lowest BCUT2D eigenvalue weighted by Crippen LogP contribution is -2.20. The summed E-state index contributed by atoms with van der Waals surface area (Å²) in [5.74, 6) is 0.547. The lowest BCUT2D eigenvalue weighted by atomic mass is 10.1. The van der Waals surface area contributed by atoms with Gasteiger partial charge in [-0.2, -0.15) is 0 Å². The molecule has 5 nitrogen and oxygen atoms in total. The monoisotopic (exact) mass is 449 g/mol. The molecule has 0 saturated carbocycles. The summed E-state index contributed by atoms with van der Waals surface area (Å²) in [6.45, 7) is 4.12. The van der Waals surface area contributed by atoms with Crippen molar-refractivity contribution in [2.24, 2.45) is 0 Å². The van der Waals surface area contributed by atoms with E-state index < -0.39 is 0 Å². The van der Waals surface area contributed by atoms with Gasteiger partial charge in [0.2, 0.25) is 0 Å². The molecule has 0 fully saturated rings. The standard InChI is InChI=1S/C26H24ClNO4/c1-3-31-25-16-19(6-14-23(29)20-8-10-21(27)11-9-20)7-15-24(25)32-17-26(30)28-22-12-4-18(2)5-13-22/h4-16H,3,17H2,1-2H3,(H,28,30)/b14-6+. The summed E-state index contributed by atoms with van der Waals surface area (Å²) < 4.78 is 11.3. The molecule has 0 saturated heterocycles. The Labute approximate surface area is 192 Å². The average Bonchev–Trinajstić information content (AvgIpc) is 2.79. The lowest BCUT2D eigenvalue weighted by Gasteiger charge is -2.13. The third-order valence-electron chi connectivity index (χ3n) is 4.52. The van der Waals surface area contributed by atoms with E-state index >= 15 is 0 Å². The van der Waals surface area contributed by atoms with Gasteiger partial charge in [-0.1, -0.05) is 41.4 Å². The number of benzene rings is 3. The number of ether oxygens (including phenoxy) is 2. The van der Waals surface area contributed by atoms with Gasteiger partial charge in [-0.25, -0.2) is 0 Å². The second-order valence-corrected chi connectivity index (χ2v) is 7.48. The Morgan fingerprint density at radius 3 is 2.34 bits per heavy atom. The van der Waals surface area contributed by atoms with Crippen molar-refractivity contribution in [3.05, 3.63) is 94.5 Å². The Balaban J connectivity index is 1.64. The predicted octanol–water partition coefficient (Wildman–Crippen LogP) is 5.96. The van der Waals surface area contributed by atoms with Crippen LogP contribution in [0.1, 0.15) is 28.4 Å². The number of anilines is 1. The molecule has 6 heteroatoms. The Kier molecular flexibility index (Phi) is 8.06. The number of nitrogens with one attached hydrogen (secondary N) is 1. The Hall–Kier alpha value is -3.57. The number of ketones is 1. The fraction of sp³-hybridized carbons (Fsp3) is 0.154. The van der Waals surface area contributed by atoms with Crippen LogP contribution >= 0.6 is 11.6 Å². The highest BCUT2D eigenvalue weighted by Gasteiger charge is 2.10. The highest BCUT2D eigenvalue weighted by Crippen LogP contribution is 2.29. The van der Waals surface area contributed by atoms with E-state index in [9.17, 15) is 9.59 Å². The first-order chi connectivity index (χ1) is 15.4. The fourth-order valence-electron chi connectivity index (χ4n) is 2.88. The summed E-state index contributed by atoms with van der Waals surface area (Å²) in [4.78, 5) is 24.5. The molecule has 3 aromatic carbocycles. The van der Waals surface area contributed by atoms with Crippen LogP contribution in [0.5, 0.6) is 11.5 Å². The topological polar surface area (TPSA) is 64.6 Å². The van der Waals surface area contributed by atoms with E-state index in [1.807, 2.05) is 38.1 Å². The first kappa shape index (κ1) is 23.1. The number of halogens is 1. The molecule has 0 atom stereocenters. The third-order valence-corrected chi connectivity index (χ3v) is 4.77. The van der Waals surface area contributed by atoms with Crippen molar-refractivity contribution in [2.45, 2.75) is 13.8 Å². The van der Waals surface area contributed by atoms with Gasteiger partial charge >= 0.3 is 0 Å². The normalized spacial score (nSPS) is 10.7. The van der Waals surface area contributed by atoms with Crippen LogP contribution in [0, 0.1) is 6.92 Å². The third kappa shape index (κ3) is 6.72. The molecule has 1 amide bonds. The smallest absolute Gasteiger partial charge is 0.262 e. The van der Waals surface area contributed by atoms with Crippen LogP contribution in [0.3, 0.4) is 0 Å². The van der Waals surface area contributed by atoms with Gasteiger partial charge in [0.05, 0.1) is 6.61 Å². The highest BCUT2D eigenvalue weighted by molar-refractivity contribution is 6.30. The zero-order valence-corrected chi connectivity index (χ0v) is 18.7. The summed E-state index contributed by atoms with van der Waals surface area (Å²) in [6, 6.07) is 19.5. The maximum Gasteiger partial charge on any atom is 0.262 e. The number of amides is 1. The van der Waals surface area contributed by atoms with Crippen LogP contribution in [0.4, 0.5) is 5.69 Å². The Morgan fingerprint density at radius 1 is 0.938 bits per heavy atom. The maximum absolute atomic E-state index is 12.3. The fourth-order valence-corrected chi connectivity index (χ4v) is 3.00. The Bertz CT molecular complexity index is 1110. The van der Waals surface area contributed by atoms with Gasteiger partial charge in [0, 0.05) is 16.3 Å². The number of hydrogen-bond acceptors (Lipinski definition) is 4. The second-order valence-electron chi connectivity index (χ2n) is 7.05. The minimum atomic E-state index is -0.270. The van der Waals surface area contributed by atoms with Crippen LogP contribution < -0.4 is 14.8 Å². The van der Waals surface area contributed by atoms with Gasteiger partial charge in [0.1, 0.15) is 0 Å². The van der Waals surface area contributed by atoms with Crippen molar-refractivity contribution in [2.75, 3.05) is 18.5 Å². The Morgan fingerprint density at radius 2 is 1.66 bits per heavy atom. The van der Waals surface area contributed by atoms with Crippen molar-refractivity contribution in [3.63, 3.8) is 0 Å². The molecule has 0 spiro atoms. The van der Waals surface area contributed by atoms with Gasteiger partial charge in [0.15, 0.2) is 23.9 Å². The molecule has 0 aliphatic carbocycles. The van der Waals surface area contributed by atoms with E-state index in [4.69, 9.17) is 21.1 Å². The minimum Gasteiger partial charge on any atom is -0.490 e. The molecule has 0 aromatic heterocycles. The highest BCUT2D eigenvalue weighted by atomic mass is 35.5. The van der Waals surface area contributed by atoms with Crippen LogP contribution in [0.2, 0.25) is 5.02 Å². The number of hydrogen-bond donors (Lipinski definition) is 1. The molecule has 0 aliphatic rings. The molecule has 32 heavy (non-hydrogen) atoms. The molecule has 0 radical (unpaired) electrons. The molecular formula is C26H24ClNO4. The molecule has 3 rings (SSSR count). The summed E-state index contributed by atoms with van der Waals surface area (Å²) in [5.41, 5.74) is 3.15. The molecule has 0 bridgehead atoms. The van der Waals surface area contributed by atoms with E-state index in [1.165, 1.54) is 6.08 Å². The molecule has 1 N–H and O–H groups in total. The molecule has 0 aliphatic heterocycles. The van der Waals surface area contributed by atoms with Crippen molar-refractivity contribution >= 4 is 35.1 Å². The van der Waals surface area contributed by atoms with Crippen LogP contribution in [0.25, 0.3) is 6.08 Å². The largest absolute Gasteiger partial charge is 0.490 e. The van der Waals surface area contributed by atoms with Crippen molar-refractivity contribution in [1.29, 1.82) is 0 Å². The minimum absolute atomic E-state index is 0.132. The maximum atomic E-state index is 12.3. The van der Waals surface area contributed by atoms with E-state index in [1.54, 1.807) is 48.5 Å². The van der Waals surface area contributed by atoms with E-state index in [-0.39, 0.29) is 18.3 Å². The van der Waals surface area contributed by atoms with Gasteiger partial charge in [-0.3, -0.25) is 9.59 Å². The van der Waals surface area contributed by atoms with Crippen molar-refractivity contribution < 1.29 is 19.1 Å². The predicted molar refractivity (Wildman–Crippen MR) is 128 cm³/mol. The average molecular weight is 450 g/mol. The zero-order chi connectivity index (χ0) is 22.9. The van der Waals surface area contributed by atoms with E-state index in [0.29, 0.717) is 34.4 Å². The first-order valence-corrected chi connectivity index (χ1v) is 10.6. The van der Waals surface area contributed by atoms with Crippen LogP contribution in [-0.4, -0.2) is 24.9 Å². The van der Waals surface area contributed by atoms with Gasteiger partial charge < -0.3 is 14.8 Å². The van der Waals surface area contributed by atoms with Crippen LogP contribution in [-0.2, 0) is 4.79 Å². The number of carbonyl (C=O) groups is 2. The van der Waals surface area contributed by atoms with E-state index in [0.717, 1.165) is 11.1 Å². The number of aryl methyl sites for hydroxylation is 1. The lowest BCUT2D eigenvalue weighted by molar-refractivity contribution is -0.118. The summed E-state index contributed by atoms with van der Waals surface area (Å²) in [6.07, 6.45) is 3.19. The molecule has 0 heterocycles. The van der Waals surface area contributed by atoms with E-state index in [2.05, 4.69) is 5.32 Å². The van der Waals surface area contributed by atoms with Crippen molar-refractivity contribution in [3.8, 4) is 11.5 Å². The van der Waals surface area contributed by atoms with Crippen molar-refractivity contribution in [1.82, 2.24) is 0 Å². The number of carbonyl (C=O) groups excluding carboxylic acids is 2. The summed E-state index contributed by atoms with van der Waals surface area (Å²) in [7, 11) is 0. The molecular weight excluding hydrogens is 426 g/mol. The van der Waals surface area contributed by atoms with Gasteiger partial charge in [-0.05, 0) is 74.0 Å². The van der Waals surface area contributed by atoms with Gasteiger partial charge in [-0.15, -0.1) is 0 Å². The van der Waals surface area contributed by atoms with Crippen LogP contribution in [0.15, 0.2) is 72.8 Å². The molecule has 0 unspecified atom stereocenters. The SMILES string of the molecule is CCOc1cc(/C=C/C(=O)c2ccc(Cl)cc2)ccc1OCC(=O)Nc1ccc(C)cc1. The quantitative estimate of drug-likeness (QED) is 0.323. The van der Waals surface area contributed by atoms with Gasteiger partial charge in [0.25, 0.3) is 5.91 Å². The molecule has 3 aromatic rings. The molecule has 164 valence electrons. The number of rotatable bonds is 9. The summed E-state index contributed by atoms with van der Waals surface area (Å²) in [5, 5.41) is 3.37. The number of allylic oxidation sites excluding steroid dienone is 1. The first-order valence-electron chi connectivity index (χ1n) is 10.2. The zero-order valence-electron chi connectivity index (χ0n) is 17.9.